The van der Waals surface area contributed by atoms with E-state index < -0.39 is 0 Å². The Morgan fingerprint density at radius 1 is 1.20 bits per heavy atom. The normalized spacial score (nSPS) is 14.7. The van der Waals surface area contributed by atoms with Crippen molar-refractivity contribution in [2.75, 3.05) is 37.5 Å². The van der Waals surface area contributed by atoms with Gasteiger partial charge >= 0.3 is 0 Å². The molecule has 2 aromatic heterocycles. The third-order valence-corrected chi connectivity index (χ3v) is 5.28. The molecule has 0 spiro atoms. The van der Waals surface area contributed by atoms with Gasteiger partial charge in [0.05, 0.1) is 25.8 Å². The zero-order chi connectivity index (χ0) is 21.3. The highest BCUT2D eigenvalue weighted by Gasteiger charge is 2.21. The van der Waals surface area contributed by atoms with E-state index in [2.05, 4.69) is 20.3 Å². The van der Waals surface area contributed by atoms with Crippen LogP contribution in [-0.4, -0.2) is 53.5 Å². The van der Waals surface area contributed by atoms with Crippen LogP contribution in [0.15, 0.2) is 29.2 Å². The van der Waals surface area contributed by atoms with E-state index in [9.17, 15) is 9.90 Å². The zero-order valence-electron chi connectivity index (χ0n) is 17.2. The summed E-state index contributed by atoms with van der Waals surface area (Å²) in [6.45, 7) is 3.23. The van der Waals surface area contributed by atoms with E-state index in [1.54, 1.807) is 32.5 Å². The number of methoxy groups -OCH3 is 2. The van der Waals surface area contributed by atoms with E-state index in [4.69, 9.17) is 9.47 Å². The maximum Gasteiger partial charge on any atom is 0.261 e. The summed E-state index contributed by atoms with van der Waals surface area (Å²) in [5, 5.41) is 13.4. The molecule has 0 unspecified atom stereocenters. The molecule has 0 aliphatic carbocycles. The summed E-state index contributed by atoms with van der Waals surface area (Å²) < 4.78 is 10.8. The van der Waals surface area contributed by atoms with Crippen molar-refractivity contribution in [3.05, 3.63) is 40.3 Å². The van der Waals surface area contributed by atoms with Crippen molar-refractivity contribution in [3.63, 3.8) is 0 Å². The first kappa shape index (κ1) is 20.0. The standard InChI is InChI=1S/C21H25N5O4/c1-12-10-13(11-16(29-2)18(12)30-3)23-19-17-15(4-7-22-20(17)28)24-21(25-19)26-8-5-14(27)6-9-26/h4,7,10-11,14,27H,5-6,8-9H2,1-3H3,(H,22,28)(H,23,24,25). The summed E-state index contributed by atoms with van der Waals surface area (Å²) in [7, 11) is 3.17. The minimum Gasteiger partial charge on any atom is -0.493 e. The van der Waals surface area contributed by atoms with Crippen molar-refractivity contribution >= 4 is 28.4 Å². The molecule has 3 N–H and O–H groups in total. The molecule has 1 aliphatic heterocycles. The van der Waals surface area contributed by atoms with Crippen LogP contribution in [0.2, 0.25) is 0 Å². The van der Waals surface area contributed by atoms with Gasteiger partial charge in [-0.05, 0) is 37.5 Å². The average molecular weight is 411 g/mol. The molecule has 0 bridgehead atoms. The number of rotatable bonds is 5. The van der Waals surface area contributed by atoms with Crippen LogP contribution in [0.25, 0.3) is 10.9 Å². The van der Waals surface area contributed by atoms with Crippen molar-refractivity contribution in [2.45, 2.75) is 25.9 Å². The number of nitrogens with one attached hydrogen (secondary N) is 2. The first-order valence-electron chi connectivity index (χ1n) is 9.82. The molecule has 158 valence electrons. The second kappa shape index (κ2) is 8.19. The summed E-state index contributed by atoms with van der Waals surface area (Å²) in [6.07, 6.45) is 2.60. The molecule has 1 fully saturated rings. The van der Waals surface area contributed by atoms with Gasteiger partial charge in [-0.2, -0.15) is 4.98 Å². The van der Waals surface area contributed by atoms with Crippen LogP contribution < -0.4 is 25.2 Å². The number of fused-ring (bicyclic) bond motifs is 1. The number of nitrogens with zero attached hydrogens (tertiary/aromatic N) is 3. The van der Waals surface area contributed by atoms with Crippen LogP contribution in [0.5, 0.6) is 11.5 Å². The lowest BCUT2D eigenvalue weighted by molar-refractivity contribution is 0.145. The highest BCUT2D eigenvalue weighted by atomic mass is 16.5. The lowest BCUT2D eigenvalue weighted by Crippen LogP contribution is -2.37. The quantitative estimate of drug-likeness (QED) is 0.587. The molecule has 3 aromatic rings. The Bertz CT molecular complexity index is 1120. The topological polar surface area (TPSA) is 113 Å². The number of aliphatic hydroxyl groups is 1. The minimum atomic E-state index is -0.295. The fraction of sp³-hybridized carbons (Fsp3) is 0.381. The number of hydrogen-bond donors (Lipinski definition) is 3. The Kier molecular flexibility index (Phi) is 5.45. The van der Waals surface area contributed by atoms with Gasteiger partial charge in [-0.3, -0.25) is 4.79 Å². The Morgan fingerprint density at radius 2 is 1.97 bits per heavy atom. The Hall–Kier alpha value is -3.33. The Balaban J connectivity index is 1.79. The number of piperidine rings is 1. The van der Waals surface area contributed by atoms with Gasteiger partial charge in [0.25, 0.3) is 5.56 Å². The molecule has 30 heavy (non-hydrogen) atoms. The number of aliphatic hydroxyl groups excluding tert-OH is 1. The van der Waals surface area contributed by atoms with Crippen LogP contribution in [0.4, 0.5) is 17.5 Å². The van der Waals surface area contributed by atoms with Crippen molar-refractivity contribution in [1.82, 2.24) is 15.0 Å². The van der Waals surface area contributed by atoms with E-state index >= 15 is 0 Å². The van der Waals surface area contributed by atoms with Crippen LogP contribution in [0.3, 0.4) is 0 Å². The molecule has 1 aromatic carbocycles. The first-order valence-corrected chi connectivity index (χ1v) is 9.82. The van der Waals surface area contributed by atoms with Gasteiger partial charge in [0.1, 0.15) is 11.2 Å². The SMILES string of the molecule is COc1cc(Nc2nc(N3CCC(O)CC3)nc3cc[nH]c(=O)c23)cc(C)c1OC. The number of aromatic nitrogens is 3. The third kappa shape index (κ3) is 3.76. The molecule has 0 saturated carbocycles. The molecular formula is C21H25N5O4. The summed E-state index contributed by atoms with van der Waals surface area (Å²) in [4.78, 5) is 26.5. The van der Waals surface area contributed by atoms with E-state index in [1.807, 2.05) is 17.9 Å². The molecule has 1 aliphatic rings. The van der Waals surface area contributed by atoms with Gasteiger partial charge in [0, 0.05) is 31.0 Å². The highest BCUT2D eigenvalue weighted by molar-refractivity contribution is 5.91. The van der Waals surface area contributed by atoms with Crippen molar-refractivity contribution < 1.29 is 14.6 Å². The first-order chi connectivity index (χ1) is 14.5. The smallest absolute Gasteiger partial charge is 0.261 e. The molecule has 1 saturated heterocycles. The number of H-pyrrole nitrogens is 1. The third-order valence-electron chi connectivity index (χ3n) is 5.28. The predicted molar refractivity (Wildman–Crippen MR) is 115 cm³/mol. The zero-order valence-corrected chi connectivity index (χ0v) is 17.2. The van der Waals surface area contributed by atoms with E-state index in [0.717, 1.165) is 5.56 Å². The second-order valence-corrected chi connectivity index (χ2v) is 7.31. The lowest BCUT2D eigenvalue weighted by Gasteiger charge is -2.30. The maximum atomic E-state index is 12.5. The fourth-order valence-electron chi connectivity index (χ4n) is 3.74. The number of aryl methyl sites for hydroxylation is 1. The van der Waals surface area contributed by atoms with E-state index in [1.165, 1.54) is 0 Å². The van der Waals surface area contributed by atoms with Gasteiger partial charge in [-0.15, -0.1) is 0 Å². The van der Waals surface area contributed by atoms with Gasteiger partial charge in [-0.25, -0.2) is 4.98 Å². The van der Waals surface area contributed by atoms with E-state index in [-0.39, 0.29) is 11.7 Å². The maximum absolute atomic E-state index is 12.5. The van der Waals surface area contributed by atoms with Crippen molar-refractivity contribution in [3.8, 4) is 11.5 Å². The van der Waals surface area contributed by atoms with Crippen molar-refractivity contribution in [2.24, 2.45) is 0 Å². The van der Waals surface area contributed by atoms with Crippen LogP contribution in [-0.2, 0) is 0 Å². The summed E-state index contributed by atoms with van der Waals surface area (Å²) in [5.74, 6) is 2.17. The van der Waals surface area contributed by atoms with Crippen molar-refractivity contribution in [1.29, 1.82) is 0 Å². The number of anilines is 3. The van der Waals surface area contributed by atoms with Gasteiger partial charge in [0.15, 0.2) is 11.5 Å². The summed E-state index contributed by atoms with van der Waals surface area (Å²) in [5.41, 5.74) is 1.88. The Morgan fingerprint density at radius 3 is 2.67 bits per heavy atom. The summed E-state index contributed by atoms with van der Waals surface area (Å²) in [6, 6.07) is 5.46. The Labute approximate surface area is 173 Å². The van der Waals surface area contributed by atoms with Gasteiger partial charge < -0.3 is 29.8 Å². The van der Waals surface area contributed by atoms with Crippen LogP contribution in [0, 0.1) is 6.92 Å². The van der Waals surface area contributed by atoms with E-state index in [0.29, 0.717) is 65.8 Å². The molecular weight excluding hydrogens is 386 g/mol. The second-order valence-electron chi connectivity index (χ2n) is 7.31. The molecule has 9 heteroatoms. The van der Waals surface area contributed by atoms with Crippen LogP contribution in [0.1, 0.15) is 18.4 Å². The number of hydrogen-bond acceptors (Lipinski definition) is 8. The molecule has 3 heterocycles. The number of pyridine rings is 1. The molecule has 0 atom stereocenters. The number of ether oxygens (including phenoxy) is 2. The molecule has 0 amide bonds. The predicted octanol–water partition coefficient (Wildman–Crippen LogP) is 2.35. The van der Waals surface area contributed by atoms with Crippen LogP contribution >= 0.6 is 0 Å². The fourth-order valence-corrected chi connectivity index (χ4v) is 3.74. The molecule has 9 nitrogen and oxygen atoms in total. The minimum absolute atomic E-state index is 0.271. The largest absolute Gasteiger partial charge is 0.493 e. The number of aromatic amines is 1. The average Bonchev–Trinajstić information content (AvgIpc) is 2.73. The number of benzene rings is 1. The highest BCUT2D eigenvalue weighted by Crippen LogP contribution is 2.35. The van der Waals surface area contributed by atoms with Gasteiger partial charge in [0.2, 0.25) is 5.95 Å². The van der Waals surface area contributed by atoms with Gasteiger partial charge in [-0.1, -0.05) is 0 Å². The monoisotopic (exact) mass is 411 g/mol. The molecule has 0 radical (unpaired) electrons. The molecule has 4 rings (SSSR count). The summed E-state index contributed by atoms with van der Waals surface area (Å²) >= 11 is 0. The lowest BCUT2D eigenvalue weighted by atomic mass is 10.1.